The molecule has 0 aromatic heterocycles. The van der Waals surface area contributed by atoms with E-state index in [0.717, 1.165) is 17.4 Å². The number of amides is 1. The van der Waals surface area contributed by atoms with Gasteiger partial charge in [0.05, 0.1) is 23.1 Å². The number of allylic oxidation sites excluding steroid dienone is 1. The van der Waals surface area contributed by atoms with E-state index in [0.29, 0.717) is 28.5 Å². The topological polar surface area (TPSA) is 123 Å². The normalized spacial score (nSPS) is 14.4. The van der Waals surface area contributed by atoms with E-state index in [9.17, 15) is 19.5 Å². The lowest BCUT2D eigenvalue weighted by Gasteiger charge is -2.19. The second kappa shape index (κ2) is 13.0. The Morgan fingerprint density at radius 3 is 2.50 bits per heavy atom. The predicted molar refractivity (Wildman–Crippen MR) is 147 cm³/mol. The number of esters is 1. The van der Waals surface area contributed by atoms with Crippen molar-refractivity contribution in [2.45, 2.75) is 39.7 Å². The summed E-state index contributed by atoms with van der Waals surface area (Å²) in [7, 11) is 0. The summed E-state index contributed by atoms with van der Waals surface area (Å²) in [6.45, 7) is 7.80. The maximum atomic E-state index is 13.1. The van der Waals surface area contributed by atoms with Gasteiger partial charge in [-0.2, -0.15) is 0 Å². The molecule has 0 atom stereocenters. The highest BCUT2D eigenvalue weighted by molar-refractivity contribution is 8.08. The summed E-state index contributed by atoms with van der Waals surface area (Å²) in [6.07, 6.45) is 1.61. The molecule has 1 amide bonds. The van der Waals surface area contributed by atoms with Crippen LogP contribution in [0.25, 0.3) is 6.08 Å². The van der Waals surface area contributed by atoms with Crippen molar-refractivity contribution >= 4 is 41.4 Å². The van der Waals surface area contributed by atoms with Crippen LogP contribution >= 0.6 is 11.8 Å². The Morgan fingerprint density at radius 1 is 1.11 bits per heavy atom. The van der Waals surface area contributed by atoms with Gasteiger partial charge >= 0.3 is 12.1 Å². The highest BCUT2D eigenvalue weighted by atomic mass is 32.2. The monoisotopic (exact) mass is 540 g/mol. The van der Waals surface area contributed by atoms with Gasteiger partial charge in [-0.25, -0.2) is 9.59 Å². The Morgan fingerprint density at radius 2 is 1.84 bits per heavy atom. The second-order valence-electron chi connectivity index (χ2n) is 9.21. The van der Waals surface area contributed by atoms with Gasteiger partial charge in [0.2, 0.25) is 5.78 Å². The van der Waals surface area contributed by atoms with Crippen LogP contribution in [0.15, 0.2) is 64.0 Å². The molecule has 0 aliphatic carbocycles. The van der Waals surface area contributed by atoms with E-state index in [4.69, 9.17) is 14.2 Å². The molecule has 0 fully saturated rings. The number of benzene rings is 2. The summed E-state index contributed by atoms with van der Waals surface area (Å²) in [5, 5.41) is 16.6. The Balaban J connectivity index is 1.63. The number of para-hydroxylation sites is 1. The fraction of sp³-hybridized carbons (Fsp3) is 0.321. The number of alkyl carbamates (subject to hydrolysis) is 1. The van der Waals surface area contributed by atoms with Crippen molar-refractivity contribution in [2.75, 3.05) is 25.1 Å². The standard InChI is InChI=1S/C28H32N2O7S/c1-5-35-26(33)23-24(32)22(38-25(23)30-19-10-7-6-8-11-19)17-18-12-13-21(20(31)16-18)36-15-9-14-29-27(34)37-28(2,3)4/h6-8,10-13,16-17,30-31H,5,9,14-15H2,1-4H3,(H,29,34)/b22-17-. The van der Waals surface area contributed by atoms with E-state index >= 15 is 0 Å². The first-order valence-electron chi connectivity index (χ1n) is 12.2. The average Bonchev–Trinajstić information content (AvgIpc) is 3.14. The molecule has 1 aliphatic rings. The van der Waals surface area contributed by atoms with Crippen molar-refractivity contribution in [1.29, 1.82) is 0 Å². The molecule has 1 aliphatic heterocycles. The number of nitrogens with one attached hydrogen (secondary N) is 2. The first-order valence-corrected chi connectivity index (χ1v) is 13.0. The number of phenolic OH excluding ortho intramolecular Hbond substituents is 1. The van der Waals surface area contributed by atoms with Crippen LogP contribution in [0.2, 0.25) is 0 Å². The number of carbonyl (C=O) groups is 3. The number of hydrogen-bond acceptors (Lipinski definition) is 9. The molecule has 2 aromatic rings. The quantitative estimate of drug-likeness (QED) is 0.161. The molecule has 0 unspecified atom stereocenters. The molecule has 0 spiro atoms. The molecule has 0 saturated carbocycles. The first-order chi connectivity index (χ1) is 18.1. The largest absolute Gasteiger partial charge is 0.504 e. The van der Waals surface area contributed by atoms with Gasteiger partial charge in [-0.1, -0.05) is 36.0 Å². The zero-order valence-corrected chi connectivity index (χ0v) is 22.6. The van der Waals surface area contributed by atoms with Crippen molar-refractivity contribution in [3.8, 4) is 11.5 Å². The third-order valence-corrected chi connectivity index (χ3v) is 5.96. The van der Waals surface area contributed by atoms with E-state index < -0.39 is 23.4 Å². The van der Waals surface area contributed by atoms with Gasteiger partial charge in [-0.05, 0) is 70.0 Å². The minimum atomic E-state index is -0.695. The zero-order valence-electron chi connectivity index (χ0n) is 21.8. The Labute approximate surface area is 226 Å². The van der Waals surface area contributed by atoms with Gasteiger partial charge in [0.25, 0.3) is 0 Å². The number of anilines is 1. The number of hydrogen-bond donors (Lipinski definition) is 3. The molecule has 0 radical (unpaired) electrons. The summed E-state index contributed by atoms with van der Waals surface area (Å²) in [5.41, 5.74) is 0.658. The number of carbonyl (C=O) groups excluding carboxylic acids is 3. The number of ketones is 1. The molecule has 3 rings (SSSR count). The van der Waals surface area contributed by atoms with Crippen LogP contribution < -0.4 is 15.4 Å². The Kier molecular flexibility index (Phi) is 9.84. The smallest absolute Gasteiger partial charge is 0.407 e. The lowest BCUT2D eigenvalue weighted by molar-refractivity contribution is -0.139. The highest BCUT2D eigenvalue weighted by Gasteiger charge is 2.35. The molecule has 2 aromatic carbocycles. The van der Waals surface area contributed by atoms with Gasteiger partial charge < -0.3 is 30.0 Å². The van der Waals surface area contributed by atoms with Crippen LogP contribution in [0.3, 0.4) is 0 Å². The van der Waals surface area contributed by atoms with Crippen LogP contribution in [0.1, 0.15) is 39.7 Å². The van der Waals surface area contributed by atoms with E-state index in [1.54, 1.807) is 45.9 Å². The maximum absolute atomic E-state index is 13.1. The van der Waals surface area contributed by atoms with E-state index in [-0.39, 0.29) is 30.3 Å². The summed E-state index contributed by atoms with van der Waals surface area (Å²) < 4.78 is 15.9. The predicted octanol–water partition coefficient (Wildman–Crippen LogP) is 5.23. The van der Waals surface area contributed by atoms with Crippen LogP contribution in [0.4, 0.5) is 10.5 Å². The summed E-state index contributed by atoms with van der Waals surface area (Å²) in [5.74, 6) is -0.980. The second-order valence-corrected chi connectivity index (χ2v) is 10.3. The molecule has 10 heteroatoms. The lowest BCUT2D eigenvalue weighted by Crippen LogP contribution is -2.33. The van der Waals surface area contributed by atoms with E-state index in [2.05, 4.69) is 10.6 Å². The Hall–Kier alpha value is -3.92. The van der Waals surface area contributed by atoms with E-state index in [1.807, 2.05) is 30.3 Å². The van der Waals surface area contributed by atoms with Crippen LogP contribution in [0.5, 0.6) is 11.5 Å². The minimum Gasteiger partial charge on any atom is -0.504 e. The molecule has 9 nitrogen and oxygen atoms in total. The molecular formula is C28H32N2O7S. The molecule has 202 valence electrons. The molecule has 1 heterocycles. The maximum Gasteiger partial charge on any atom is 0.407 e. The molecule has 38 heavy (non-hydrogen) atoms. The number of rotatable bonds is 10. The zero-order chi connectivity index (χ0) is 27.7. The Bertz CT molecular complexity index is 1230. The van der Waals surface area contributed by atoms with Crippen molar-refractivity contribution in [2.24, 2.45) is 0 Å². The lowest BCUT2D eigenvalue weighted by atomic mass is 10.1. The van der Waals surface area contributed by atoms with Gasteiger partial charge in [-0.15, -0.1) is 0 Å². The number of aromatic hydroxyl groups is 1. The molecule has 3 N–H and O–H groups in total. The van der Waals surface area contributed by atoms with Gasteiger partial charge in [0.1, 0.15) is 11.2 Å². The van der Waals surface area contributed by atoms with Crippen molar-refractivity contribution in [3.63, 3.8) is 0 Å². The number of thioether (sulfide) groups is 1. The first kappa shape index (κ1) is 28.6. The fourth-order valence-corrected chi connectivity index (χ4v) is 4.37. The minimum absolute atomic E-state index is 0.0591. The van der Waals surface area contributed by atoms with Crippen LogP contribution in [-0.4, -0.2) is 48.3 Å². The molecule has 0 saturated heterocycles. The number of ether oxygens (including phenoxy) is 3. The van der Waals surface area contributed by atoms with Gasteiger partial charge in [0, 0.05) is 12.2 Å². The third kappa shape index (κ3) is 8.31. The van der Waals surface area contributed by atoms with Crippen molar-refractivity contribution in [1.82, 2.24) is 5.32 Å². The fourth-order valence-electron chi connectivity index (χ4n) is 3.31. The highest BCUT2D eigenvalue weighted by Crippen LogP contribution is 2.41. The molecule has 0 bridgehead atoms. The van der Waals surface area contributed by atoms with Crippen molar-refractivity contribution < 1.29 is 33.7 Å². The SMILES string of the molecule is CCOC(=O)C1=C(Nc2ccccc2)S/C(=C\c2ccc(OCCCNC(=O)OC(C)(C)C)c(O)c2)C1=O. The number of Topliss-reactive ketones (excluding diaryl/α,β-unsaturated/α-hetero) is 1. The average molecular weight is 541 g/mol. The summed E-state index contributed by atoms with van der Waals surface area (Å²) in [6, 6.07) is 14.0. The van der Waals surface area contributed by atoms with E-state index in [1.165, 1.54) is 6.07 Å². The third-order valence-electron chi connectivity index (χ3n) is 4.93. The summed E-state index contributed by atoms with van der Waals surface area (Å²) in [4.78, 5) is 37.6. The summed E-state index contributed by atoms with van der Waals surface area (Å²) >= 11 is 1.13. The molecular weight excluding hydrogens is 508 g/mol. The van der Waals surface area contributed by atoms with Crippen LogP contribution in [-0.2, 0) is 19.1 Å². The van der Waals surface area contributed by atoms with Gasteiger partial charge in [0.15, 0.2) is 11.5 Å². The van der Waals surface area contributed by atoms with Gasteiger partial charge in [-0.3, -0.25) is 4.79 Å². The number of phenols is 1. The van der Waals surface area contributed by atoms with Crippen LogP contribution in [0, 0.1) is 0 Å². The van der Waals surface area contributed by atoms with Crippen molar-refractivity contribution in [3.05, 3.63) is 69.6 Å².